The quantitative estimate of drug-likeness (QED) is 0.720. The van der Waals surface area contributed by atoms with Crippen molar-refractivity contribution in [1.82, 2.24) is 4.90 Å². The minimum atomic E-state index is 0.0160. The van der Waals surface area contributed by atoms with Crippen LogP contribution in [0.4, 0.5) is 11.4 Å². The van der Waals surface area contributed by atoms with E-state index in [0.717, 1.165) is 50.5 Å². The van der Waals surface area contributed by atoms with E-state index in [1.54, 1.807) is 6.07 Å². The Morgan fingerprint density at radius 2 is 1.86 bits per heavy atom. The second-order valence-corrected chi connectivity index (χ2v) is 8.07. The summed E-state index contributed by atoms with van der Waals surface area (Å²) in [6, 6.07) is 14.4. The molecule has 29 heavy (non-hydrogen) atoms. The molecule has 0 aromatic heterocycles. The zero-order valence-corrected chi connectivity index (χ0v) is 17.5. The standard InChI is InChI=1S/C23H28ClN3O2/c24-20-9-10-21(19-8-11-22(28)25-23(19)20)29-17-5-13-26-12-4-14-27(16-15-26)18-6-2-1-3-7-18/h1-3,6-7,9-10H,4-5,8,11-17H2,(H,25,28). The number of nitrogens with one attached hydrogen (secondary N) is 1. The Bertz CT molecular complexity index is 844. The number of hydrogen-bond donors (Lipinski definition) is 1. The van der Waals surface area contributed by atoms with E-state index >= 15 is 0 Å². The van der Waals surface area contributed by atoms with Crippen molar-refractivity contribution in [3.05, 3.63) is 53.1 Å². The van der Waals surface area contributed by atoms with Gasteiger partial charge in [-0.15, -0.1) is 0 Å². The summed E-state index contributed by atoms with van der Waals surface area (Å²) in [7, 11) is 0. The minimum absolute atomic E-state index is 0.0160. The predicted octanol–water partition coefficient (Wildman–Crippen LogP) is 4.21. The van der Waals surface area contributed by atoms with Gasteiger partial charge in [0.05, 0.1) is 17.3 Å². The molecule has 4 rings (SSSR count). The number of para-hydroxylation sites is 1. The number of amides is 1. The van der Waals surface area contributed by atoms with Crippen LogP contribution < -0.4 is 15.0 Å². The highest BCUT2D eigenvalue weighted by atomic mass is 35.5. The van der Waals surface area contributed by atoms with E-state index in [-0.39, 0.29) is 5.91 Å². The Hall–Kier alpha value is -2.24. The third-order valence-electron chi connectivity index (χ3n) is 5.67. The molecule has 1 amide bonds. The number of rotatable bonds is 6. The van der Waals surface area contributed by atoms with Gasteiger partial charge in [0, 0.05) is 43.9 Å². The van der Waals surface area contributed by atoms with E-state index in [1.165, 1.54) is 12.1 Å². The van der Waals surface area contributed by atoms with E-state index in [9.17, 15) is 4.79 Å². The molecule has 1 fully saturated rings. The van der Waals surface area contributed by atoms with Crippen molar-refractivity contribution in [2.45, 2.75) is 25.7 Å². The number of carbonyl (C=O) groups excluding carboxylic acids is 1. The Balaban J connectivity index is 1.25. The van der Waals surface area contributed by atoms with Gasteiger partial charge in [-0.1, -0.05) is 29.8 Å². The largest absolute Gasteiger partial charge is 0.493 e. The fourth-order valence-electron chi connectivity index (χ4n) is 4.12. The zero-order valence-electron chi connectivity index (χ0n) is 16.7. The molecule has 0 saturated carbocycles. The molecular formula is C23H28ClN3O2. The van der Waals surface area contributed by atoms with Crippen molar-refractivity contribution < 1.29 is 9.53 Å². The molecule has 0 bridgehead atoms. The summed E-state index contributed by atoms with van der Waals surface area (Å²) < 4.78 is 6.06. The van der Waals surface area contributed by atoms with Crippen molar-refractivity contribution in [3.63, 3.8) is 0 Å². The van der Waals surface area contributed by atoms with E-state index < -0.39 is 0 Å². The second-order valence-electron chi connectivity index (χ2n) is 7.67. The van der Waals surface area contributed by atoms with Crippen LogP contribution in [0.15, 0.2) is 42.5 Å². The summed E-state index contributed by atoms with van der Waals surface area (Å²) in [5, 5.41) is 3.45. The van der Waals surface area contributed by atoms with Crippen LogP contribution in [0.3, 0.4) is 0 Å². The third kappa shape index (κ3) is 5.03. The van der Waals surface area contributed by atoms with Crippen molar-refractivity contribution >= 4 is 28.9 Å². The van der Waals surface area contributed by atoms with Gasteiger partial charge in [-0.25, -0.2) is 0 Å². The summed E-state index contributed by atoms with van der Waals surface area (Å²) in [5.41, 5.74) is 3.05. The Morgan fingerprint density at radius 3 is 2.72 bits per heavy atom. The monoisotopic (exact) mass is 413 g/mol. The van der Waals surface area contributed by atoms with E-state index in [4.69, 9.17) is 16.3 Å². The lowest BCUT2D eigenvalue weighted by molar-refractivity contribution is -0.116. The Morgan fingerprint density at radius 1 is 1.00 bits per heavy atom. The summed E-state index contributed by atoms with van der Waals surface area (Å²) in [6.07, 6.45) is 3.32. The molecule has 2 aromatic rings. The number of carbonyl (C=O) groups is 1. The average Bonchev–Trinajstić information content (AvgIpc) is 2.99. The van der Waals surface area contributed by atoms with E-state index in [1.807, 2.05) is 6.07 Å². The van der Waals surface area contributed by atoms with Crippen LogP contribution in [0.25, 0.3) is 0 Å². The first-order valence-corrected chi connectivity index (χ1v) is 10.8. The number of halogens is 1. The maximum Gasteiger partial charge on any atom is 0.224 e. The predicted molar refractivity (Wildman–Crippen MR) is 118 cm³/mol. The van der Waals surface area contributed by atoms with Crippen molar-refractivity contribution in [3.8, 4) is 5.75 Å². The molecule has 154 valence electrons. The highest BCUT2D eigenvalue weighted by molar-refractivity contribution is 6.34. The molecule has 0 aliphatic carbocycles. The first-order chi connectivity index (χ1) is 14.2. The normalized spacial score (nSPS) is 17.4. The van der Waals surface area contributed by atoms with Gasteiger partial charge in [-0.2, -0.15) is 0 Å². The Labute approximate surface area is 177 Å². The van der Waals surface area contributed by atoms with Crippen LogP contribution in [0.5, 0.6) is 5.75 Å². The molecule has 5 nitrogen and oxygen atoms in total. The molecule has 0 radical (unpaired) electrons. The van der Waals surface area contributed by atoms with Gasteiger partial charge in [0.1, 0.15) is 5.75 Å². The minimum Gasteiger partial charge on any atom is -0.493 e. The highest BCUT2D eigenvalue weighted by Gasteiger charge is 2.21. The van der Waals surface area contributed by atoms with Crippen LogP contribution in [0.2, 0.25) is 5.02 Å². The molecule has 2 aliphatic rings. The molecule has 2 heterocycles. The van der Waals surface area contributed by atoms with Gasteiger partial charge in [0.25, 0.3) is 0 Å². The third-order valence-corrected chi connectivity index (χ3v) is 5.99. The molecule has 1 saturated heterocycles. The number of ether oxygens (including phenoxy) is 1. The van der Waals surface area contributed by atoms with Crippen LogP contribution in [-0.2, 0) is 11.2 Å². The van der Waals surface area contributed by atoms with E-state index in [0.29, 0.717) is 30.2 Å². The molecule has 0 atom stereocenters. The fourth-order valence-corrected chi connectivity index (χ4v) is 4.35. The lowest BCUT2D eigenvalue weighted by Gasteiger charge is -2.24. The van der Waals surface area contributed by atoms with Gasteiger partial charge in [0.15, 0.2) is 0 Å². The molecule has 6 heteroatoms. The highest BCUT2D eigenvalue weighted by Crippen LogP contribution is 2.37. The van der Waals surface area contributed by atoms with Crippen LogP contribution >= 0.6 is 11.6 Å². The van der Waals surface area contributed by atoms with Gasteiger partial charge in [-0.3, -0.25) is 4.79 Å². The topological polar surface area (TPSA) is 44.8 Å². The van der Waals surface area contributed by atoms with Crippen LogP contribution in [-0.4, -0.2) is 50.1 Å². The summed E-state index contributed by atoms with van der Waals surface area (Å²) in [4.78, 5) is 16.7. The number of benzene rings is 2. The van der Waals surface area contributed by atoms with Gasteiger partial charge >= 0.3 is 0 Å². The molecule has 1 N–H and O–H groups in total. The lowest BCUT2D eigenvalue weighted by atomic mass is 10.0. The maximum absolute atomic E-state index is 11.6. The smallest absolute Gasteiger partial charge is 0.224 e. The summed E-state index contributed by atoms with van der Waals surface area (Å²) in [5.74, 6) is 0.859. The SMILES string of the molecule is O=C1CCc2c(OCCCN3CCCN(c4ccccc4)CC3)ccc(Cl)c2N1. The maximum atomic E-state index is 11.6. The van der Waals surface area contributed by atoms with E-state index in [2.05, 4.69) is 45.4 Å². The molecule has 2 aliphatic heterocycles. The number of hydrogen-bond acceptors (Lipinski definition) is 4. The lowest BCUT2D eigenvalue weighted by Crippen LogP contribution is -2.31. The summed E-state index contributed by atoms with van der Waals surface area (Å²) in [6.45, 7) is 6.09. The van der Waals surface area contributed by atoms with Gasteiger partial charge in [-0.05, 0) is 50.1 Å². The first kappa shape index (κ1) is 20.0. The number of nitrogens with zero attached hydrogens (tertiary/aromatic N) is 2. The Kier molecular flexibility index (Phi) is 6.57. The molecule has 0 spiro atoms. The molecule has 2 aromatic carbocycles. The van der Waals surface area contributed by atoms with Crippen molar-refractivity contribution in [1.29, 1.82) is 0 Å². The fraction of sp³-hybridized carbons (Fsp3) is 0.435. The van der Waals surface area contributed by atoms with Crippen LogP contribution in [0.1, 0.15) is 24.8 Å². The second kappa shape index (κ2) is 9.51. The van der Waals surface area contributed by atoms with Gasteiger partial charge in [0.2, 0.25) is 5.91 Å². The molecular weight excluding hydrogens is 386 g/mol. The van der Waals surface area contributed by atoms with Crippen molar-refractivity contribution in [2.24, 2.45) is 0 Å². The average molecular weight is 414 g/mol. The first-order valence-electron chi connectivity index (χ1n) is 10.5. The van der Waals surface area contributed by atoms with Crippen LogP contribution in [0, 0.1) is 0 Å². The number of anilines is 2. The summed E-state index contributed by atoms with van der Waals surface area (Å²) >= 11 is 6.23. The zero-order chi connectivity index (χ0) is 20.1. The van der Waals surface area contributed by atoms with Crippen molar-refractivity contribution in [2.75, 3.05) is 49.5 Å². The molecule has 0 unspecified atom stereocenters. The van der Waals surface area contributed by atoms with Gasteiger partial charge < -0.3 is 19.9 Å². The number of fused-ring (bicyclic) bond motifs is 1.